The molecule has 0 aliphatic carbocycles. The van der Waals surface area contributed by atoms with Gasteiger partial charge in [0.15, 0.2) is 0 Å². The number of methoxy groups -OCH3 is 1. The van der Waals surface area contributed by atoms with Crippen molar-refractivity contribution < 1.29 is 9.53 Å². The van der Waals surface area contributed by atoms with E-state index < -0.39 is 0 Å². The molecule has 0 fully saturated rings. The fourth-order valence-corrected chi connectivity index (χ4v) is 2.14. The van der Waals surface area contributed by atoms with Crippen molar-refractivity contribution in [3.63, 3.8) is 0 Å². The molecule has 1 aromatic carbocycles. The minimum atomic E-state index is -0.0115. The number of nitrogens with one attached hydrogen (secondary N) is 1. The van der Waals surface area contributed by atoms with Gasteiger partial charge in [-0.1, -0.05) is 18.2 Å². The van der Waals surface area contributed by atoms with Crippen LogP contribution in [0, 0.1) is 0 Å². The summed E-state index contributed by atoms with van der Waals surface area (Å²) in [7, 11) is 1.62. The van der Waals surface area contributed by atoms with Crippen LogP contribution in [-0.4, -0.2) is 22.8 Å². The van der Waals surface area contributed by atoms with Gasteiger partial charge in [-0.05, 0) is 22.0 Å². The molecule has 20 heavy (non-hydrogen) atoms. The van der Waals surface area contributed by atoms with Crippen molar-refractivity contribution in [1.29, 1.82) is 0 Å². The molecule has 1 amide bonds. The Bertz CT molecular complexity index is 583. The van der Waals surface area contributed by atoms with Crippen LogP contribution < -0.4 is 10.1 Å². The molecule has 0 atom stereocenters. The van der Waals surface area contributed by atoms with Crippen molar-refractivity contribution in [1.82, 2.24) is 15.1 Å². The highest BCUT2D eigenvalue weighted by Crippen LogP contribution is 2.16. The first-order valence-electron chi connectivity index (χ1n) is 6.25. The van der Waals surface area contributed by atoms with Crippen LogP contribution in [0.3, 0.4) is 0 Å². The number of halogens is 1. The molecule has 0 aliphatic heterocycles. The number of hydrogen-bond donors (Lipinski definition) is 1. The molecular formula is C14H16BrN3O2. The summed E-state index contributed by atoms with van der Waals surface area (Å²) in [6.45, 7) is 1.02. The number of carbonyl (C=O) groups excluding carboxylic acids is 1. The zero-order valence-electron chi connectivity index (χ0n) is 11.2. The second-order valence-electron chi connectivity index (χ2n) is 4.26. The number of aryl methyl sites for hydroxylation is 1. The third-order valence-corrected chi connectivity index (χ3v) is 3.25. The molecule has 0 radical (unpaired) electrons. The van der Waals surface area contributed by atoms with Gasteiger partial charge >= 0.3 is 0 Å². The Balaban J connectivity index is 1.80. The third-order valence-electron chi connectivity index (χ3n) is 2.84. The molecule has 1 aromatic heterocycles. The molecule has 0 saturated carbocycles. The summed E-state index contributed by atoms with van der Waals surface area (Å²) in [4.78, 5) is 11.8. The molecule has 0 spiro atoms. The third kappa shape index (κ3) is 4.09. The van der Waals surface area contributed by atoms with Gasteiger partial charge in [-0.15, -0.1) is 0 Å². The van der Waals surface area contributed by atoms with E-state index in [4.69, 9.17) is 4.74 Å². The fraction of sp³-hybridized carbons (Fsp3) is 0.286. The zero-order valence-corrected chi connectivity index (χ0v) is 12.8. The van der Waals surface area contributed by atoms with Crippen molar-refractivity contribution in [2.75, 3.05) is 7.11 Å². The van der Waals surface area contributed by atoms with E-state index in [0.717, 1.165) is 15.8 Å². The number of aromatic nitrogens is 2. The average molecular weight is 338 g/mol. The van der Waals surface area contributed by atoms with Crippen LogP contribution in [0.25, 0.3) is 0 Å². The van der Waals surface area contributed by atoms with Gasteiger partial charge in [0.05, 0.1) is 17.8 Å². The van der Waals surface area contributed by atoms with Crippen LogP contribution in [-0.2, 0) is 17.9 Å². The predicted molar refractivity (Wildman–Crippen MR) is 79.4 cm³/mol. The van der Waals surface area contributed by atoms with Gasteiger partial charge in [-0.25, -0.2) is 0 Å². The van der Waals surface area contributed by atoms with Crippen molar-refractivity contribution in [3.05, 3.63) is 46.7 Å². The van der Waals surface area contributed by atoms with Crippen molar-refractivity contribution in [2.24, 2.45) is 0 Å². The Labute approximate surface area is 126 Å². The van der Waals surface area contributed by atoms with E-state index in [2.05, 4.69) is 26.3 Å². The summed E-state index contributed by atoms with van der Waals surface area (Å²) in [5.41, 5.74) is 0.963. The van der Waals surface area contributed by atoms with Crippen molar-refractivity contribution in [3.8, 4) is 5.75 Å². The molecular weight excluding hydrogens is 322 g/mol. The second kappa shape index (κ2) is 7.09. The summed E-state index contributed by atoms with van der Waals surface area (Å²) in [6.07, 6.45) is 3.93. The number of hydrogen-bond acceptors (Lipinski definition) is 3. The maximum absolute atomic E-state index is 11.8. The van der Waals surface area contributed by atoms with Gasteiger partial charge in [-0.2, -0.15) is 5.10 Å². The molecule has 106 valence electrons. The Hall–Kier alpha value is -1.82. The van der Waals surface area contributed by atoms with Crippen LogP contribution in [0.5, 0.6) is 5.75 Å². The molecule has 1 N–H and O–H groups in total. The normalized spacial score (nSPS) is 10.3. The minimum Gasteiger partial charge on any atom is -0.496 e. The molecule has 0 unspecified atom stereocenters. The van der Waals surface area contributed by atoms with Gasteiger partial charge in [0.2, 0.25) is 5.91 Å². The van der Waals surface area contributed by atoms with E-state index in [9.17, 15) is 4.79 Å². The SMILES string of the molecule is COc1ccccc1CNC(=O)CCn1cc(Br)cn1. The summed E-state index contributed by atoms with van der Waals surface area (Å²) < 4.78 is 7.88. The standard InChI is InChI=1S/C14H16BrN3O2/c1-20-13-5-3-2-4-11(13)8-16-14(19)6-7-18-10-12(15)9-17-18/h2-5,9-10H,6-8H2,1H3,(H,16,19). The molecule has 0 bridgehead atoms. The molecule has 5 nitrogen and oxygen atoms in total. The predicted octanol–water partition coefficient (Wildman–Crippen LogP) is 2.36. The van der Waals surface area contributed by atoms with E-state index in [1.165, 1.54) is 0 Å². The first-order valence-corrected chi connectivity index (χ1v) is 7.05. The Morgan fingerprint density at radius 1 is 1.45 bits per heavy atom. The maximum Gasteiger partial charge on any atom is 0.222 e. The molecule has 0 aliphatic rings. The maximum atomic E-state index is 11.8. The van der Waals surface area contributed by atoms with Crippen LogP contribution in [0.1, 0.15) is 12.0 Å². The Morgan fingerprint density at radius 2 is 2.25 bits per heavy atom. The first kappa shape index (κ1) is 14.6. The first-order chi connectivity index (χ1) is 9.69. The fourth-order valence-electron chi connectivity index (χ4n) is 1.81. The molecule has 2 aromatic rings. The lowest BCUT2D eigenvalue weighted by molar-refractivity contribution is -0.121. The molecule has 6 heteroatoms. The number of nitrogens with zero attached hydrogens (tertiary/aromatic N) is 2. The van der Waals surface area contributed by atoms with Crippen molar-refractivity contribution >= 4 is 21.8 Å². The summed E-state index contributed by atoms with van der Waals surface area (Å²) >= 11 is 3.32. The number of benzene rings is 1. The average Bonchev–Trinajstić information content (AvgIpc) is 2.89. The monoisotopic (exact) mass is 337 g/mol. The van der Waals surface area contributed by atoms with Crippen LogP contribution in [0.2, 0.25) is 0 Å². The highest BCUT2D eigenvalue weighted by Gasteiger charge is 2.05. The van der Waals surface area contributed by atoms with E-state index in [-0.39, 0.29) is 5.91 Å². The highest BCUT2D eigenvalue weighted by atomic mass is 79.9. The van der Waals surface area contributed by atoms with Crippen LogP contribution in [0.4, 0.5) is 0 Å². The minimum absolute atomic E-state index is 0.0115. The number of carbonyl (C=O) groups is 1. The molecule has 1 heterocycles. The Kier molecular flexibility index (Phi) is 5.17. The summed E-state index contributed by atoms with van der Waals surface area (Å²) in [5, 5.41) is 6.98. The number of rotatable bonds is 6. The van der Waals surface area contributed by atoms with Crippen LogP contribution in [0.15, 0.2) is 41.1 Å². The zero-order chi connectivity index (χ0) is 14.4. The lowest BCUT2D eigenvalue weighted by Gasteiger charge is -2.09. The number of ether oxygens (including phenoxy) is 1. The summed E-state index contributed by atoms with van der Waals surface area (Å²) in [6, 6.07) is 7.64. The molecule has 2 rings (SSSR count). The van der Waals surface area contributed by atoms with E-state index in [0.29, 0.717) is 19.5 Å². The van der Waals surface area contributed by atoms with Crippen LogP contribution >= 0.6 is 15.9 Å². The van der Waals surface area contributed by atoms with Crippen molar-refractivity contribution in [2.45, 2.75) is 19.5 Å². The number of para-hydroxylation sites is 1. The van der Waals surface area contributed by atoms with Gasteiger partial charge in [0, 0.05) is 31.3 Å². The quantitative estimate of drug-likeness (QED) is 0.880. The van der Waals surface area contributed by atoms with Gasteiger partial charge in [0.1, 0.15) is 5.75 Å². The highest BCUT2D eigenvalue weighted by molar-refractivity contribution is 9.10. The largest absolute Gasteiger partial charge is 0.496 e. The van der Waals surface area contributed by atoms with Gasteiger partial charge in [0.25, 0.3) is 0 Å². The number of amides is 1. The van der Waals surface area contributed by atoms with E-state index >= 15 is 0 Å². The lowest BCUT2D eigenvalue weighted by Crippen LogP contribution is -2.24. The van der Waals surface area contributed by atoms with Gasteiger partial charge < -0.3 is 10.1 Å². The second-order valence-corrected chi connectivity index (χ2v) is 5.18. The smallest absolute Gasteiger partial charge is 0.222 e. The Morgan fingerprint density at radius 3 is 2.95 bits per heavy atom. The van der Waals surface area contributed by atoms with E-state index in [1.54, 1.807) is 18.0 Å². The van der Waals surface area contributed by atoms with E-state index in [1.807, 2.05) is 30.5 Å². The lowest BCUT2D eigenvalue weighted by atomic mass is 10.2. The van der Waals surface area contributed by atoms with Gasteiger partial charge in [-0.3, -0.25) is 9.48 Å². The topological polar surface area (TPSA) is 56.1 Å². The molecule has 0 saturated heterocycles. The summed E-state index contributed by atoms with van der Waals surface area (Å²) in [5.74, 6) is 0.770.